The monoisotopic (exact) mass is 258 g/mol. The average Bonchev–Trinajstić information content (AvgIpc) is 2.41. The number of anilines is 1. The molecule has 0 unspecified atom stereocenters. The third-order valence-corrected chi connectivity index (χ3v) is 2.82. The lowest BCUT2D eigenvalue weighted by molar-refractivity contribution is 0.616. The van der Waals surface area contributed by atoms with Gasteiger partial charge in [0.05, 0.1) is 5.56 Å². The number of aryl methyl sites for hydroxylation is 1. The summed E-state index contributed by atoms with van der Waals surface area (Å²) in [5.74, 6) is -0.800. The van der Waals surface area contributed by atoms with Crippen molar-refractivity contribution in [3.8, 4) is 6.07 Å². The molecule has 96 valence electrons. The fourth-order valence-corrected chi connectivity index (χ4v) is 1.67. The molecule has 0 aromatic heterocycles. The first-order valence-electron chi connectivity index (χ1n) is 5.78. The highest BCUT2D eigenvalue weighted by molar-refractivity contribution is 5.50. The molecule has 0 aliphatic rings. The van der Waals surface area contributed by atoms with E-state index in [0.29, 0.717) is 17.8 Å². The summed E-state index contributed by atoms with van der Waals surface area (Å²) in [4.78, 5) is 0. The molecule has 4 heteroatoms. The lowest BCUT2D eigenvalue weighted by Gasteiger charge is -2.08. The Kier molecular flexibility index (Phi) is 3.76. The van der Waals surface area contributed by atoms with E-state index in [4.69, 9.17) is 5.26 Å². The van der Waals surface area contributed by atoms with Crippen LogP contribution in [0, 0.1) is 29.9 Å². The molecule has 0 spiro atoms. The second-order valence-corrected chi connectivity index (χ2v) is 4.24. The van der Waals surface area contributed by atoms with Crippen molar-refractivity contribution in [2.24, 2.45) is 0 Å². The van der Waals surface area contributed by atoms with Crippen molar-refractivity contribution in [1.29, 1.82) is 5.26 Å². The first kappa shape index (κ1) is 13.0. The summed E-state index contributed by atoms with van der Waals surface area (Å²) >= 11 is 0. The Morgan fingerprint density at radius 3 is 2.58 bits per heavy atom. The Labute approximate surface area is 110 Å². The third-order valence-electron chi connectivity index (χ3n) is 2.82. The summed E-state index contributed by atoms with van der Waals surface area (Å²) in [6, 6.07) is 11.0. The van der Waals surface area contributed by atoms with Crippen LogP contribution in [0.5, 0.6) is 0 Å². The van der Waals surface area contributed by atoms with Gasteiger partial charge in [-0.15, -0.1) is 0 Å². The van der Waals surface area contributed by atoms with Gasteiger partial charge in [0.15, 0.2) is 0 Å². The molecule has 0 atom stereocenters. The molecule has 0 fully saturated rings. The van der Waals surface area contributed by atoms with Gasteiger partial charge in [-0.25, -0.2) is 8.78 Å². The number of nitriles is 1. The summed E-state index contributed by atoms with van der Waals surface area (Å²) < 4.78 is 26.5. The summed E-state index contributed by atoms with van der Waals surface area (Å²) in [6.07, 6.45) is 0. The van der Waals surface area contributed by atoms with Crippen molar-refractivity contribution in [2.45, 2.75) is 13.5 Å². The Morgan fingerprint density at radius 1 is 1.11 bits per heavy atom. The van der Waals surface area contributed by atoms with Crippen LogP contribution in [0.2, 0.25) is 0 Å². The second kappa shape index (κ2) is 5.49. The number of hydrogen-bond donors (Lipinski definition) is 1. The molecule has 0 amide bonds. The van der Waals surface area contributed by atoms with Gasteiger partial charge < -0.3 is 5.32 Å². The SMILES string of the molecule is Cc1ccc(CNc2ccc(F)c(C#N)c2)cc1F. The first-order chi connectivity index (χ1) is 9.10. The first-order valence-corrected chi connectivity index (χ1v) is 5.78. The zero-order valence-electron chi connectivity index (χ0n) is 10.4. The van der Waals surface area contributed by atoms with E-state index in [1.54, 1.807) is 25.1 Å². The maximum atomic E-state index is 13.4. The van der Waals surface area contributed by atoms with E-state index in [2.05, 4.69) is 5.32 Å². The highest BCUT2D eigenvalue weighted by Gasteiger charge is 2.03. The molecule has 0 radical (unpaired) electrons. The molecule has 0 saturated heterocycles. The topological polar surface area (TPSA) is 35.8 Å². The van der Waals surface area contributed by atoms with Crippen LogP contribution in [-0.4, -0.2) is 0 Å². The summed E-state index contributed by atoms with van der Waals surface area (Å²) in [7, 11) is 0. The summed E-state index contributed by atoms with van der Waals surface area (Å²) in [5, 5.41) is 11.8. The highest BCUT2D eigenvalue weighted by Crippen LogP contribution is 2.16. The van der Waals surface area contributed by atoms with Gasteiger partial charge in [0, 0.05) is 12.2 Å². The van der Waals surface area contributed by atoms with Gasteiger partial charge in [0.2, 0.25) is 0 Å². The normalized spacial score (nSPS) is 10.0. The molecule has 2 aromatic rings. The van der Waals surface area contributed by atoms with E-state index < -0.39 is 5.82 Å². The molecule has 0 bridgehead atoms. The van der Waals surface area contributed by atoms with Gasteiger partial charge >= 0.3 is 0 Å². The number of halogens is 2. The Bertz CT molecular complexity index is 645. The van der Waals surface area contributed by atoms with Crippen LogP contribution in [0.4, 0.5) is 14.5 Å². The van der Waals surface area contributed by atoms with Gasteiger partial charge in [-0.05, 0) is 42.3 Å². The molecule has 2 nitrogen and oxygen atoms in total. The predicted octanol–water partition coefficient (Wildman–Crippen LogP) is 3.76. The van der Waals surface area contributed by atoms with Crippen molar-refractivity contribution < 1.29 is 8.78 Å². The Balaban J connectivity index is 2.10. The zero-order valence-corrected chi connectivity index (χ0v) is 10.4. The fraction of sp³-hybridized carbons (Fsp3) is 0.133. The van der Waals surface area contributed by atoms with E-state index in [0.717, 1.165) is 5.56 Å². The van der Waals surface area contributed by atoms with Crippen molar-refractivity contribution in [1.82, 2.24) is 0 Å². The predicted molar refractivity (Wildman–Crippen MR) is 69.6 cm³/mol. The zero-order chi connectivity index (χ0) is 13.8. The smallest absolute Gasteiger partial charge is 0.141 e. The minimum Gasteiger partial charge on any atom is -0.381 e. The van der Waals surface area contributed by atoms with Gasteiger partial charge in [0.25, 0.3) is 0 Å². The Morgan fingerprint density at radius 2 is 1.89 bits per heavy atom. The number of benzene rings is 2. The van der Waals surface area contributed by atoms with Crippen LogP contribution < -0.4 is 5.32 Å². The number of rotatable bonds is 3. The van der Waals surface area contributed by atoms with Crippen LogP contribution in [0.25, 0.3) is 0 Å². The molecule has 0 heterocycles. The average molecular weight is 258 g/mol. The quantitative estimate of drug-likeness (QED) is 0.909. The molecule has 1 N–H and O–H groups in total. The molecular weight excluding hydrogens is 246 g/mol. The molecule has 0 saturated carbocycles. The van der Waals surface area contributed by atoms with Crippen molar-refractivity contribution >= 4 is 5.69 Å². The second-order valence-electron chi connectivity index (χ2n) is 4.24. The largest absolute Gasteiger partial charge is 0.381 e. The summed E-state index contributed by atoms with van der Waals surface area (Å²) in [5.41, 5.74) is 1.99. The number of nitrogens with one attached hydrogen (secondary N) is 1. The van der Waals surface area contributed by atoms with E-state index in [1.165, 1.54) is 18.2 Å². The van der Waals surface area contributed by atoms with Crippen LogP contribution in [0.3, 0.4) is 0 Å². The van der Waals surface area contributed by atoms with Crippen LogP contribution in [0.15, 0.2) is 36.4 Å². The molecule has 0 aliphatic carbocycles. The molecule has 19 heavy (non-hydrogen) atoms. The van der Waals surface area contributed by atoms with Crippen LogP contribution >= 0.6 is 0 Å². The standard InChI is InChI=1S/C15H12F2N2/c1-10-2-3-11(6-15(10)17)9-19-13-4-5-14(16)12(7-13)8-18/h2-7,19H,9H2,1H3. The van der Waals surface area contributed by atoms with Crippen LogP contribution in [0.1, 0.15) is 16.7 Å². The van der Waals surface area contributed by atoms with Crippen molar-refractivity contribution in [3.63, 3.8) is 0 Å². The third kappa shape index (κ3) is 3.08. The minimum atomic E-state index is -0.547. The minimum absolute atomic E-state index is 0.0138. The Hall–Kier alpha value is -2.41. The van der Waals surface area contributed by atoms with E-state index >= 15 is 0 Å². The highest BCUT2D eigenvalue weighted by atomic mass is 19.1. The molecule has 2 aromatic carbocycles. The van der Waals surface area contributed by atoms with Gasteiger partial charge in [0.1, 0.15) is 17.7 Å². The maximum Gasteiger partial charge on any atom is 0.141 e. The number of nitrogens with zero attached hydrogens (tertiary/aromatic N) is 1. The summed E-state index contributed by atoms with van der Waals surface area (Å²) in [6.45, 7) is 2.11. The lowest BCUT2D eigenvalue weighted by atomic mass is 10.1. The van der Waals surface area contributed by atoms with E-state index in [9.17, 15) is 8.78 Å². The van der Waals surface area contributed by atoms with Gasteiger partial charge in [-0.3, -0.25) is 0 Å². The maximum absolute atomic E-state index is 13.4. The molecular formula is C15H12F2N2. The number of hydrogen-bond acceptors (Lipinski definition) is 2. The van der Waals surface area contributed by atoms with E-state index in [1.807, 2.05) is 6.07 Å². The molecule has 0 aliphatic heterocycles. The fourth-order valence-electron chi connectivity index (χ4n) is 1.67. The van der Waals surface area contributed by atoms with Gasteiger partial charge in [-0.2, -0.15) is 5.26 Å². The molecule has 2 rings (SSSR count). The van der Waals surface area contributed by atoms with E-state index in [-0.39, 0.29) is 11.4 Å². The lowest BCUT2D eigenvalue weighted by Crippen LogP contribution is -2.01. The van der Waals surface area contributed by atoms with Crippen molar-refractivity contribution in [2.75, 3.05) is 5.32 Å². The van der Waals surface area contributed by atoms with Crippen molar-refractivity contribution in [3.05, 3.63) is 64.7 Å². The van der Waals surface area contributed by atoms with Crippen LogP contribution in [-0.2, 0) is 6.54 Å². The van der Waals surface area contributed by atoms with Gasteiger partial charge in [-0.1, -0.05) is 12.1 Å².